The summed E-state index contributed by atoms with van der Waals surface area (Å²) in [5.74, 6) is -0.481. The van der Waals surface area contributed by atoms with Crippen molar-refractivity contribution in [1.29, 1.82) is 0 Å². The zero-order valence-electron chi connectivity index (χ0n) is 12.8. The summed E-state index contributed by atoms with van der Waals surface area (Å²) in [4.78, 5) is 32.2. The minimum absolute atomic E-state index is 0.00149. The average Bonchev–Trinajstić information content (AvgIpc) is 2.95. The highest BCUT2D eigenvalue weighted by Gasteiger charge is 2.20. The molecule has 0 aliphatic carbocycles. The van der Waals surface area contributed by atoms with Crippen molar-refractivity contribution in [1.82, 2.24) is 14.5 Å². The summed E-state index contributed by atoms with van der Waals surface area (Å²) < 4.78 is 12.1. The van der Waals surface area contributed by atoms with Crippen LogP contribution in [0, 0.1) is 0 Å². The van der Waals surface area contributed by atoms with Crippen molar-refractivity contribution in [3.05, 3.63) is 34.8 Å². The number of esters is 2. The van der Waals surface area contributed by atoms with E-state index in [1.54, 1.807) is 42.9 Å². The molecule has 0 radical (unpaired) electrons. The second-order valence-corrected chi connectivity index (χ2v) is 5.25. The SMILES string of the molecule is CCOC(=O)Cn1ccnc1-c1ccc(Br)nc1C(=O)OCC. The molecule has 0 fully saturated rings. The van der Waals surface area contributed by atoms with Crippen LogP contribution in [0.5, 0.6) is 0 Å². The number of hydrogen-bond donors (Lipinski definition) is 0. The van der Waals surface area contributed by atoms with Crippen LogP contribution in [0.2, 0.25) is 0 Å². The van der Waals surface area contributed by atoms with Crippen LogP contribution in [0.25, 0.3) is 11.4 Å². The first-order chi connectivity index (χ1) is 11.1. The molecule has 0 bridgehead atoms. The minimum atomic E-state index is -0.547. The summed E-state index contributed by atoms with van der Waals surface area (Å²) in [6.07, 6.45) is 3.19. The third-order valence-electron chi connectivity index (χ3n) is 2.89. The molecule has 7 nitrogen and oxygen atoms in total. The van der Waals surface area contributed by atoms with Crippen LogP contribution < -0.4 is 0 Å². The van der Waals surface area contributed by atoms with Crippen LogP contribution in [-0.4, -0.2) is 39.7 Å². The number of pyridine rings is 1. The molecular weight excluding hydrogens is 366 g/mol. The Bertz CT molecular complexity index is 714. The van der Waals surface area contributed by atoms with Crippen molar-refractivity contribution in [3.8, 4) is 11.4 Å². The molecule has 0 aromatic carbocycles. The number of imidazole rings is 1. The lowest BCUT2D eigenvalue weighted by Gasteiger charge is -2.11. The zero-order chi connectivity index (χ0) is 16.8. The van der Waals surface area contributed by atoms with Crippen molar-refractivity contribution in [2.24, 2.45) is 0 Å². The lowest BCUT2D eigenvalue weighted by molar-refractivity contribution is -0.143. The van der Waals surface area contributed by atoms with Crippen LogP contribution in [0.3, 0.4) is 0 Å². The fraction of sp³-hybridized carbons (Fsp3) is 0.333. The molecule has 0 N–H and O–H groups in total. The Morgan fingerprint density at radius 3 is 2.65 bits per heavy atom. The third kappa shape index (κ3) is 4.16. The van der Waals surface area contributed by atoms with Crippen molar-refractivity contribution in [2.75, 3.05) is 13.2 Å². The molecule has 0 saturated carbocycles. The predicted octanol–water partition coefficient (Wildman–Crippen LogP) is 2.45. The summed E-state index contributed by atoms with van der Waals surface area (Å²) in [7, 11) is 0. The molecule has 0 amide bonds. The predicted molar refractivity (Wildman–Crippen MR) is 85.7 cm³/mol. The van der Waals surface area contributed by atoms with Crippen LogP contribution in [0.15, 0.2) is 29.1 Å². The lowest BCUT2D eigenvalue weighted by Crippen LogP contribution is -2.15. The first-order valence-electron chi connectivity index (χ1n) is 7.07. The molecular formula is C15H16BrN3O4. The Morgan fingerprint density at radius 2 is 1.96 bits per heavy atom. The van der Waals surface area contributed by atoms with E-state index in [2.05, 4.69) is 25.9 Å². The quantitative estimate of drug-likeness (QED) is 0.564. The van der Waals surface area contributed by atoms with E-state index >= 15 is 0 Å². The van der Waals surface area contributed by atoms with Gasteiger partial charge in [0.1, 0.15) is 17.0 Å². The maximum Gasteiger partial charge on any atom is 0.357 e. The highest BCUT2D eigenvalue weighted by molar-refractivity contribution is 9.10. The van der Waals surface area contributed by atoms with E-state index in [0.717, 1.165) is 0 Å². The molecule has 0 atom stereocenters. The van der Waals surface area contributed by atoms with Crippen molar-refractivity contribution >= 4 is 27.9 Å². The summed E-state index contributed by atoms with van der Waals surface area (Å²) in [6, 6.07) is 3.40. The Labute approximate surface area is 141 Å². The van der Waals surface area contributed by atoms with Gasteiger partial charge >= 0.3 is 11.9 Å². The van der Waals surface area contributed by atoms with E-state index in [0.29, 0.717) is 22.6 Å². The Morgan fingerprint density at radius 1 is 1.22 bits per heavy atom. The van der Waals surface area contributed by atoms with Crippen LogP contribution in [0.4, 0.5) is 0 Å². The van der Waals surface area contributed by atoms with Gasteiger partial charge in [-0.25, -0.2) is 14.8 Å². The van der Waals surface area contributed by atoms with Gasteiger partial charge in [0.05, 0.1) is 18.8 Å². The summed E-state index contributed by atoms with van der Waals surface area (Å²) in [5, 5.41) is 0. The molecule has 8 heteroatoms. The molecule has 2 aromatic rings. The van der Waals surface area contributed by atoms with E-state index in [1.165, 1.54) is 0 Å². The number of carbonyl (C=O) groups is 2. The van der Waals surface area contributed by atoms with Gasteiger partial charge in [-0.3, -0.25) is 4.79 Å². The zero-order valence-corrected chi connectivity index (χ0v) is 14.4. The maximum atomic E-state index is 12.1. The number of hydrogen-bond acceptors (Lipinski definition) is 6. The summed E-state index contributed by atoms with van der Waals surface area (Å²) in [6.45, 7) is 4.00. The number of rotatable bonds is 6. The Balaban J connectivity index is 2.41. The maximum absolute atomic E-state index is 12.1. The largest absolute Gasteiger partial charge is 0.465 e. The monoisotopic (exact) mass is 381 g/mol. The van der Waals surface area contributed by atoms with Gasteiger partial charge < -0.3 is 14.0 Å². The molecule has 23 heavy (non-hydrogen) atoms. The highest BCUT2D eigenvalue weighted by atomic mass is 79.9. The van der Waals surface area contributed by atoms with E-state index in [4.69, 9.17) is 9.47 Å². The molecule has 0 aliphatic rings. The van der Waals surface area contributed by atoms with E-state index in [1.807, 2.05) is 0 Å². The fourth-order valence-corrected chi connectivity index (χ4v) is 2.31. The molecule has 122 valence electrons. The van der Waals surface area contributed by atoms with Gasteiger partial charge in [0.2, 0.25) is 0 Å². The molecule has 2 rings (SSSR count). The van der Waals surface area contributed by atoms with Gasteiger partial charge in [-0.05, 0) is 41.9 Å². The molecule has 0 aliphatic heterocycles. The number of aromatic nitrogens is 3. The number of nitrogens with zero attached hydrogens (tertiary/aromatic N) is 3. The van der Waals surface area contributed by atoms with Crippen molar-refractivity contribution in [3.63, 3.8) is 0 Å². The Kier molecular flexibility index (Phi) is 5.86. The smallest absolute Gasteiger partial charge is 0.357 e. The van der Waals surface area contributed by atoms with Crippen LogP contribution >= 0.6 is 15.9 Å². The highest BCUT2D eigenvalue weighted by Crippen LogP contribution is 2.24. The second-order valence-electron chi connectivity index (χ2n) is 4.43. The van der Waals surface area contributed by atoms with Crippen LogP contribution in [0.1, 0.15) is 24.3 Å². The van der Waals surface area contributed by atoms with Gasteiger partial charge in [0.15, 0.2) is 5.69 Å². The van der Waals surface area contributed by atoms with Gasteiger partial charge in [0.25, 0.3) is 0 Å². The normalized spacial score (nSPS) is 10.4. The average molecular weight is 382 g/mol. The molecule has 0 unspecified atom stereocenters. The van der Waals surface area contributed by atoms with Gasteiger partial charge in [-0.1, -0.05) is 0 Å². The van der Waals surface area contributed by atoms with Gasteiger partial charge in [-0.2, -0.15) is 0 Å². The third-order valence-corrected chi connectivity index (χ3v) is 3.33. The van der Waals surface area contributed by atoms with Gasteiger partial charge in [-0.15, -0.1) is 0 Å². The second kappa shape index (κ2) is 7.87. The lowest BCUT2D eigenvalue weighted by atomic mass is 10.2. The topological polar surface area (TPSA) is 83.3 Å². The molecule has 0 spiro atoms. The van der Waals surface area contributed by atoms with E-state index in [9.17, 15) is 9.59 Å². The number of halogens is 1. The summed E-state index contributed by atoms with van der Waals surface area (Å²) >= 11 is 3.24. The number of carbonyl (C=O) groups excluding carboxylic acids is 2. The molecule has 2 heterocycles. The van der Waals surface area contributed by atoms with Crippen molar-refractivity contribution in [2.45, 2.75) is 20.4 Å². The summed E-state index contributed by atoms with van der Waals surface area (Å²) in [5.41, 5.74) is 0.624. The molecule has 0 saturated heterocycles. The van der Waals surface area contributed by atoms with E-state index in [-0.39, 0.29) is 24.8 Å². The van der Waals surface area contributed by atoms with Gasteiger partial charge in [0, 0.05) is 12.4 Å². The number of ether oxygens (including phenoxy) is 2. The van der Waals surface area contributed by atoms with Crippen molar-refractivity contribution < 1.29 is 19.1 Å². The first-order valence-corrected chi connectivity index (χ1v) is 7.86. The first kappa shape index (κ1) is 17.1. The standard InChI is InChI=1S/C15H16BrN3O4/c1-3-22-12(20)9-19-8-7-17-14(19)10-5-6-11(16)18-13(10)15(21)23-4-2/h5-8H,3-4,9H2,1-2H3. The minimum Gasteiger partial charge on any atom is -0.465 e. The van der Waals surface area contributed by atoms with Crippen LogP contribution in [-0.2, 0) is 20.8 Å². The molecule has 2 aromatic heterocycles. The Hall–Kier alpha value is -2.22. The van der Waals surface area contributed by atoms with E-state index < -0.39 is 5.97 Å². The fourth-order valence-electron chi connectivity index (χ4n) is 2.00.